The molecule has 2 rings (SSSR count). The standard InChI is InChI=1S/C10H16N4O3S2/c1-19(16,17)14-5-3-13(4-6-14)8-9(15)12-10-11-2-7-18-10/h2,7H,3-6,8H2,1H3,(H,11,12,15). The van der Waals surface area contributed by atoms with Gasteiger partial charge in [-0.1, -0.05) is 0 Å². The number of sulfonamides is 1. The number of nitrogens with zero attached hydrogens (tertiary/aromatic N) is 3. The van der Waals surface area contributed by atoms with Gasteiger partial charge >= 0.3 is 0 Å². The summed E-state index contributed by atoms with van der Waals surface area (Å²) >= 11 is 1.37. The molecule has 1 aromatic rings. The van der Waals surface area contributed by atoms with Gasteiger partial charge in [-0.15, -0.1) is 11.3 Å². The average Bonchev–Trinajstić information content (AvgIpc) is 2.81. The number of rotatable bonds is 4. The van der Waals surface area contributed by atoms with Gasteiger partial charge < -0.3 is 5.32 Å². The first-order valence-corrected chi connectivity index (χ1v) is 8.55. The van der Waals surface area contributed by atoms with Crippen LogP contribution in [0.1, 0.15) is 0 Å². The zero-order valence-corrected chi connectivity index (χ0v) is 12.2. The van der Waals surface area contributed by atoms with Gasteiger partial charge in [0.05, 0.1) is 12.8 Å². The van der Waals surface area contributed by atoms with E-state index >= 15 is 0 Å². The van der Waals surface area contributed by atoms with E-state index in [2.05, 4.69) is 10.3 Å². The number of hydrogen-bond acceptors (Lipinski definition) is 6. The molecular weight excluding hydrogens is 288 g/mol. The zero-order chi connectivity index (χ0) is 13.9. The minimum atomic E-state index is -3.12. The maximum absolute atomic E-state index is 11.7. The highest BCUT2D eigenvalue weighted by Crippen LogP contribution is 2.10. The largest absolute Gasteiger partial charge is 0.301 e. The third-order valence-corrected chi connectivity index (χ3v) is 4.84. The second-order valence-corrected chi connectivity index (χ2v) is 7.20. The first-order chi connectivity index (χ1) is 8.95. The molecule has 1 aliphatic rings. The molecule has 0 unspecified atom stereocenters. The lowest BCUT2D eigenvalue weighted by Crippen LogP contribution is -2.50. The number of aromatic nitrogens is 1. The molecule has 0 radical (unpaired) electrons. The maximum Gasteiger partial charge on any atom is 0.240 e. The van der Waals surface area contributed by atoms with Crippen molar-refractivity contribution in [2.24, 2.45) is 0 Å². The van der Waals surface area contributed by atoms with Crippen molar-refractivity contribution in [3.63, 3.8) is 0 Å². The summed E-state index contributed by atoms with van der Waals surface area (Å²) in [4.78, 5) is 17.6. The molecule has 1 aliphatic heterocycles. The van der Waals surface area contributed by atoms with Gasteiger partial charge in [0.1, 0.15) is 0 Å². The van der Waals surface area contributed by atoms with E-state index in [0.717, 1.165) is 0 Å². The Bertz CT molecular complexity index is 521. The number of anilines is 1. The van der Waals surface area contributed by atoms with Crippen molar-refractivity contribution >= 4 is 32.4 Å². The summed E-state index contributed by atoms with van der Waals surface area (Å²) in [6, 6.07) is 0. The first-order valence-electron chi connectivity index (χ1n) is 5.82. The third-order valence-electron chi connectivity index (χ3n) is 2.85. The SMILES string of the molecule is CS(=O)(=O)N1CCN(CC(=O)Nc2nccs2)CC1. The van der Waals surface area contributed by atoms with Crippen LogP contribution in [0, 0.1) is 0 Å². The molecule has 1 saturated heterocycles. The van der Waals surface area contributed by atoms with Crippen LogP contribution in [0.5, 0.6) is 0 Å². The van der Waals surface area contributed by atoms with Crippen LogP contribution >= 0.6 is 11.3 Å². The monoisotopic (exact) mass is 304 g/mol. The van der Waals surface area contributed by atoms with Gasteiger partial charge in [-0.2, -0.15) is 4.31 Å². The number of hydrogen-bond donors (Lipinski definition) is 1. The van der Waals surface area contributed by atoms with Gasteiger partial charge in [0.2, 0.25) is 15.9 Å². The van der Waals surface area contributed by atoms with Crippen LogP contribution in [0.2, 0.25) is 0 Å². The summed E-state index contributed by atoms with van der Waals surface area (Å²) in [5, 5.41) is 5.08. The Labute approximate surface area is 116 Å². The molecule has 1 amide bonds. The highest BCUT2D eigenvalue weighted by atomic mass is 32.2. The molecule has 0 spiro atoms. The van der Waals surface area contributed by atoms with E-state index in [-0.39, 0.29) is 12.5 Å². The van der Waals surface area contributed by atoms with Crippen LogP contribution in [0.4, 0.5) is 5.13 Å². The highest BCUT2D eigenvalue weighted by Gasteiger charge is 2.24. The van der Waals surface area contributed by atoms with Crippen molar-refractivity contribution in [2.75, 3.05) is 44.3 Å². The molecule has 0 atom stereocenters. The summed E-state index contributed by atoms with van der Waals surface area (Å²) in [5.74, 6) is -0.122. The van der Waals surface area contributed by atoms with E-state index < -0.39 is 10.0 Å². The molecule has 0 aromatic carbocycles. The fourth-order valence-electron chi connectivity index (χ4n) is 1.87. The number of nitrogens with one attached hydrogen (secondary N) is 1. The molecule has 2 heterocycles. The molecule has 0 bridgehead atoms. The Morgan fingerprint density at radius 2 is 2.11 bits per heavy atom. The lowest BCUT2D eigenvalue weighted by Gasteiger charge is -2.32. The Balaban J connectivity index is 1.78. The van der Waals surface area contributed by atoms with Crippen LogP contribution in [0.3, 0.4) is 0 Å². The van der Waals surface area contributed by atoms with E-state index in [9.17, 15) is 13.2 Å². The van der Waals surface area contributed by atoms with Crippen molar-refractivity contribution in [3.05, 3.63) is 11.6 Å². The average molecular weight is 304 g/mol. The number of amides is 1. The summed E-state index contributed by atoms with van der Waals surface area (Å²) in [7, 11) is -3.12. The quantitative estimate of drug-likeness (QED) is 0.823. The fourth-order valence-corrected chi connectivity index (χ4v) is 3.24. The Hall–Kier alpha value is -1.03. The van der Waals surface area contributed by atoms with Gasteiger partial charge in [-0.3, -0.25) is 9.69 Å². The summed E-state index contributed by atoms with van der Waals surface area (Å²) < 4.78 is 24.1. The van der Waals surface area contributed by atoms with Gasteiger partial charge in [0.25, 0.3) is 0 Å². The maximum atomic E-state index is 11.7. The van der Waals surface area contributed by atoms with Crippen LogP contribution in [-0.4, -0.2) is 67.5 Å². The number of carbonyl (C=O) groups excluding carboxylic acids is 1. The summed E-state index contributed by atoms with van der Waals surface area (Å²) in [6.07, 6.45) is 2.84. The molecule has 0 saturated carbocycles. The fraction of sp³-hybridized carbons (Fsp3) is 0.600. The molecule has 0 aliphatic carbocycles. The molecule has 1 fully saturated rings. The van der Waals surface area contributed by atoms with Gasteiger partial charge in [0.15, 0.2) is 5.13 Å². The predicted molar refractivity (Wildman–Crippen MR) is 73.6 cm³/mol. The van der Waals surface area contributed by atoms with Crippen molar-refractivity contribution in [2.45, 2.75) is 0 Å². The molecular formula is C10H16N4O3S2. The third kappa shape index (κ3) is 4.23. The Kier molecular flexibility index (Phi) is 4.50. The van der Waals surface area contributed by atoms with Crippen LogP contribution in [-0.2, 0) is 14.8 Å². The topological polar surface area (TPSA) is 82.6 Å². The van der Waals surface area contributed by atoms with Gasteiger partial charge in [-0.25, -0.2) is 13.4 Å². The normalized spacial score (nSPS) is 18.4. The minimum Gasteiger partial charge on any atom is -0.301 e. The van der Waals surface area contributed by atoms with Gasteiger partial charge in [-0.05, 0) is 0 Å². The smallest absolute Gasteiger partial charge is 0.240 e. The number of carbonyl (C=O) groups is 1. The van der Waals surface area contributed by atoms with E-state index in [4.69, 9.17) is 0 Å². The van der Waals surface area contributed by atoms with E-state index in [1.165, 1.54) is 21.9 Å². The molecule has 9 heteroatoms. The van der Waals surface area contributed by atoms with E-state index in [1.54, 1.807) is 11.6 Å². The molecule has 7 nitrogen and oxygen atoms in total. The van der Waals surface area contributed by atoms with Gasteiger partial charge in [0, 0.05) is 37.8 Å². The van der Waals surface area contributed by atoms with E-state index in [0.29, 0.717) is 31.3 Å². The second kappa shape index (κ2) is 5.95. The molecule has 19 heavy (non-hydrogen) atoms. The number of piperazine rings is 1. The zero-order valence-electron chi connectivity index (χ0n) is 10.6. The van der Waals surface area contributed by atoms with Crippen molar-refractivity contribution in [1.82, 2.24) is 14.2 Å². The molecule has 106 valence electrons. The van der Waals surface area contributed by atoms with E-state index in [1.807, 2.05) is 4.90 Å². The Morgan fingerprint density at radius 3 is 2.63 bits per heavy atom. The summed E-state index contributed by atoms with van der Waals surface area (Å²) in [6.45, 7) is 2.26. The van der Waals surface area contributed by atoms with Crippen LogP contribution in [0.15, 0.2) is 11.6 Å². The van der Waals surface area contributed by atoms with Crippen LogP contribution < -0.4 is 5.32 Å². The van der Waals surface area contributed by atoms with Crippen LogP contribution in [0.25, 0.3) is 0 Å². The van der Waals surface area contributed by atoms with Crippen molar-refractivity contribution in [1.29, 1.82) is 0 Å². The minimum absolute atomic E-state index is 0.122. The second-order valence-electron chi connectivity index (χ2n) is 4.32. The molecule has 1 aromatic heterocycles. The lowest BCUT2D eigenvalue weighted by atomic mass is 10.3. The Morgan fingerprint density at radius 1 is 1.42 bits per heavy atom. The van der Waals surface area contributed by atoms with Crippen molar-refractivity contribution in [3.8, 4) is 0 Å². The first kappa shape index (κ1) is 14.4. The van der Waals surface area contributed by atoms with Crippen molar-refractivity contribution < 1.29 is 13.2 Å². The number of thiazole rings is 1. The lowest BCUT2D eigenvalue weighted by molar-refractivity contribution is -0.117. The molecule has 1 N–H and O–H groups in total. The highest BCUT2D eigenvalue weighted by molar-refractivity contribution is 7.88. The predicted octanol–water partition coefficient (Wildman–Crippen LogP) is -0.341. The summed E-state index contributed by atoms with van der Waals surface area (Å²) in [5.41, 5.74) is 0.